The largest absolute Gasteiger partial charge is 0.507 e. The van der Waals surface area contributed by atoms with Crippen LogP contribution in [0.4, 0.5) is 0 Å². The summed E-state index contributed by atoms with van der Waals surface area (Å²) in [5.74, 6) is 1.37. The number of carbonyl (C=O) groups excluding carboxylic acids is 1. The summed E-state index contributed by atoms with van der Waals surface area (Å²) in [5, 5.41) is 10.3. The quantitative estimate of drug-likeness (QED) is 0.940. The van der Waals surface area contributed by atoms with E-state index in [0.29, 0.717) is 17.1 Å². The molecule has 23 heavy (non-hydrogen) atoms. The molecule has 0 bridgehead atoms. The Kier molecular flexibility index (Phi) is 3.86. The maximum Gasteiger partial charge on any atom is 0.174 e. The molecular formula is C18H18O5. The average Bonchev–Trinajstić information content (AvgIpc) is 2.57. The van der Waals surface area contributed by atoms with Crippen LogP contribution >= 0.6 is 0 Å². The van der Waals surface area contributed by atoms with Gasteiger partial charge in [0.15, 0.2) is 5.78 Å². The van der Waals surface area contributed by atoms with Crippen molar-refractivity contribution in [2.75, 3.05) is 14.2 Å². The summed E-state index contributed by atoms with van der Waals surface area (Å²) in [6, 6.07) is 9.04. The van der Waals surface area contributed by atoms with E-state index in [4.69, 9.17) is 14.2 Å². The second kappa shape index (κ2) is 5.83. The fraction of sp³-hybridized carbons (Fsp3) is 0.278. The number of carbonyl (C=O) groups is 1. The summed E-state index contributed by atoms with van der Waals surface area (Å²) in [4.78, 5) is 12.5. The van der Waals surface area contributed by atoms with Crippen molar-refractivity contribution in [2.24, 2.45) is 0 Å². The number of fused-ring (bicyclic) bond motifs is 1. The van der Waals surface area contributed by atoms with Gasteiger partial charge in [-0.25, -0.2) is 0 Å². The first-order chi connectivity index (χ1) is 11.0. The van der Waals surface area contributed by atoms with Gasteiger partial charge in [0.1, 0.15) is 34.7 Å². The molecule has 1 aliphatic heterocycles. The number of Topliss-reactive ketones (excluding diaryl/α,β-unsaturated/α-hetero) is 1. The lowest BCUT2D eigenvalue weighted by atomic mass is 9.94. The molecule has 2 aromatic rings. The molecule has 0 saturated carbocycles. The standard InChI is InChI=1S/C18H18O5/c1-10-14(22-3)9-16-17(18(10)20)13(19)8-15(23-16)11-4-6-12(21-2)7-5-11/h4-7,9,15,20H,8H2,1-3H3. The van der Waals surface area contributed by atoms with Gasteiger partial charge in [-0.15, -0.1) is 0 Å². The fourth-order valence-corrected chi connectivity index (χ4v) is 2.76. The fourth-order valence-electron chi connectivity index (χ4n) is 2.76. The van der Waals surface area contributed by atoms with E-state index in [0.717, 1.165) is 11.3 Å². The van der Waals surface area contributed by atoms with Gasteiger partial charge in [0.05, 0.1) is 20.6 Å². The summed E-state index contributed by atoms with van der Waals surface area (Å²) in [6.07, 6.45) is -0.216. The van der Waals surface area contributed by atoms with E-state index < -0.39 is 6.10 Å². The van der Waals surface area contributed by atoms with Crippen LogP contribution in [0.25, 0.3) is 0 Å². The third-order valence-corrected chi connectivity index (χ3v) is 4.10. The SMILES string of the molecule is COc1ccc(C2CC(=O)c3c(cc(OC)c(C)c3O)O2)cc1. The third-order valence-electron chi connectivity index (χ3n) is 4.10. The Morgan fingerprint density at radius 2 is 1.87 bits per heavy atom. The molecule has 1 N–H and O–H groups in total. The van der Waals surface area contributed by atoms with Crippen LogP contribution in [0.1, 0.15) is 34.0 Å². The lowest BCUT2D eigenvalue weighted by Crippen LogP contribution is -2.21. The molecule has 0 aliphatic carbocycles. The molecule has 0 aromatic heterocycles. The monoisotopic (exact) mass is 314 g/mol. The molecule has 0 spiro atoms. The second-order valence-electron chi connectivity index (χ2n) is 5.43. The van der Waals surface area contributed by atoms with Crippen molar-refractivity contribution in [3.63, 3.8) is 0 Å². The van der Waals surface area contributed by atoms with E-state index in [2.05, 4.69) is 0 Å². The maximum absolute atomic E-state index is 12.5. The molecule has 1 heterocycles. The molecular weight excluding hydrogens is 296 g/mol. The van der Waals surface area contributed by atoms with E-state index in [9.17, 15) is 9.90 Å². The summed E-state index contributed by atoms with van der Waals surface area (Å²) in [7, 11) is 3.11. The third kappa shape index (κ3) is 2.59. The first-order valence-electron chi connectivity index (χ1n) is 7.29. The molecule has 1 unspecified atom stereocenters. The van der Waals surface area contributed by atoms with Gasteiger partial charge < -0.3 is 19.3 Å². The minimum Gasteiger partial charge on any atom is -0.507 e. The highest BCUT2D eigenvalue weighted by molar-refractivity contribution is 6.03. The van der Waals surface area contributed by atoms with Crippen LogP contribution < -0.4 is 14.2 Å². The Balaban J connectivity index is 1.99. The number of hydrogen-bond acceptors (Lipinski definition) is 5. The number of ketones is 1. The van der Waals surface area contributed by atoms with Crippen molar-refractivity contribution in [1.29, 1.82) is 0 Å². The predicted molar refractivity (Wildman–Crippen MR) is 84.7 cm³/mol. The normalized spacial score (nSPS) is 16.5. The molecule has 120 valence electrons. The maximum atomic E-state index is 12.5. The van der Waals surface area contributed by atoms with Crippen LogP contribution in [0, 0.1) is 6.92 Å². The molecule has 0 amide bonds. The highest BCUT2D eigenvalue weighted by Gasteiger charge is 2.32. The Bertz CT molecular complexity index is 749. The van der Waals surface area contributed by atoms with Gasteiger partial charge in [0.2, 0.25) is 0 Å². The van der Waals surface area contributed by atoms with E-state index in [1.165, 1.54) is 7.11 Å². The molecule has 1 atom stereocenters. The number of phenolic OH excluding ortho intramolecular Hbond substituents is 1. The van der Waals surface area contributed by atoms with Crippen LogP contribution in [0.3, 0.4) is 0 Å². The Morgan fingerprint density at radius 3 is 2.48 bits per heavy atom. The highest BCUT2D eigenvalue weighted by Crippen LogP contribution is 2.44. The molecule has 0 radical (unpaired) electrons. The minimum atomic E-state index is -0.396. The average molecular weight is 314 g/mol. The zero-order valence-corrected chi connectivity index (χ0v) is 13.3. The summed E-state index contributed by atoms with van der Waals surface area (Å²) in [6.45, 7) is 1.71. The van der Waals surface area contributed by atoms with Crippen molar-refractivity contribution < 1.29 is 24.1 Å². The summed E-state index contributed by atoms with van der Waals surface area (Å²) in [5.41, 5.74) is 1.64. The van der Waals surface area contributed by atoms with Gasteiger partial charge in [-0.3, -0.25) is 4.79 Å². The Hall–Kier alpha value is -2.69. The van der Waals surface area contributed by atoms with Crippen molar-refractivity contribution in [3.8, 4) is 23.0 Å². The molecule has 5 heteroatoms. The molecule has 2 aromatic carbocycles. The summed E-state index contributed by atoms with van der Waals surface area (Å²) >= 11 is 0. The van der Waals surface area contributed by atoms with Gasteiger partial charge in [-0.1, -0.05) is 12.1 Å². The smallest absolute Gasteiger partial charge is 0.174 e. The molecule has 0 fully saturated rings. The van der Waals surface area contributed by atoms with E-state index >= 15 is 0 Å². The Labute approximate surface area is 134 Å². The molecule has 1 aliphatic rings. The van der Waals surface area contributed by atoms with Gasteiger partial charge in [0, 0.05) is 11.6 Å². The molecule has 0 saturated heterocycles. The number of aromatic hydroxyl groups is 1. The molecule has 5 nitrogen and oxygen atoms in total. The summed E-state index contributed by atoms with van der Waals surface area (Å²) < 4.78 is 16.3. The van der Waals surface area contributed by atoms with Gasteiger partial charge >= 0.3 is 0 Å². The number of phenols is 1. The van der Waals surface area contributed by atoms with Crippen molar-refractivity contribution in [3.05, 3.63) is 47.0 Å². The minimum absolute atomic E-state index is 0.0717. The van der Waals surface area contributed by atoms with Crippen LogP contribution in [0.15, 0.2) is 30.3 Å². The van der Waals surface area contributed by atoms with Crippen LogP contribution in [-0.4, -0.2) is 25.1 Å². The zero-order chi connectivity index (χ0) is 16.6. The van der Waals surface area contributed by atoms with Crippen molar-refractivity contribution in [1.82, 2.24) is 0 Å². The van der Waals surface area contributed by atoms with Crippen LogP contribution in [0.2, 0.25) is 0 Å². The molecule has 3 rings (SSSR count). The number of benzene rings is 2. The Morgan fingerprint density at radius 1 is 1.17 bits per heavy atom. The first kappa shape index (κ1) is 15.2. The lowest BCUT2D eigenvalue weighted by Gasteiger charge is -2.27. The van der Waals surface area contributed by atoms with Gasteiger partial charge in [-0.2, -0.15) is 0 Å². The van der Waals surface area contributed by atoms with E-state index in [1.807, 2.05) is 24.3 Å². The first-order valence-corrected chi connectivity index (χ1v) is 7.29. The number of hydrogen-bond donors (Lipinski definition) is 1. The second-order valence-corrected chi connectivity index (χ2v) is 5.43. The van der Waals surface area contributed by atoms with Gasteiger partial charge in [-0.05, 0) is 24.6 Å². The zero-order valence-electron chi connectivity index (χ0n) is 13.3. The number of methoxy groups -OCH3 is 2. The topological polar surface area (TPSA) is 65.0 Å². The predicted octanol–water partition coefficient (Wildman–Crippen LogP) is 3.42. The van der Waals surface area contributed by atoms with Crippen LogP contribution in [-0.2, 0) is 0 Å². The van der Waals surface area contributed by atoms with Gasteiger partial charge in [0.25, 0.3) is 0 Å². The number of ether oxygens (including phenoxy) is 3. The van der Waals surface area contributed by atoms with E-state index in [1.54, 1.807) is 20.1 Å². The van der Waals surface area contributed by atoms with Crippen molar-refractivity contribution >= 4 is 5.78 Å². The number of rotatable bonds is 3. The van der Waals surface area contributed by atoms with E-state index in [-0.39, 0.29) is 23.5 Å². The van der Waals surface area contributed by atoms with Crippen LogP contribution in [0.5, 0.6) is 23.0 Å². The van der Waals surface area contributed by atoms with Crippen molar-refractivity contribution in [2.45, 2.75) is 19.4 Å². The highest BCUT2D eigenvalue weighted by atomic mass is 16.5. The lowest BCUT2D eigenvalue weighted by molar-refractivity contribution is 0.0844.